The number of rotatable bonds is 7. The highest BCUT2D eigenvalue weighted by Crippen LogP contribution is 2.15. The van der Waals surface area contributed by atoms with Crippen LogP contribution in [0.1, 0.15) is 17.5 Å². The average Bonchev–Trinajstić information content (AvgIpc) is 3.16. The number of para-hydroxylation sites is 2. The second-order valence-electron chi connectivity index (χ2n) is 6.90. The van der Waals surface area contributed by atoms with Gasteiger partial charge in [-0.2, -0.15) is 0 Å². The Hall–Kier alpha value is -3.40. The van der Waals surface area contributed by atoms with Gasteiger partial charge < -0.3 is 9.47 Å². The lowest BCUT2D eigenvalue weighted by molar-refractivity contribution is -0.132. The Kier molecular flexibility index (Phi) is 5.48. The van der Waals surface area contributed by atoms with Crippen LogP contribution in [0.5, 0.6) is 0 Å². The first-order valence-electron chi connectivity index (χ1n) is 9.55. The third-order valence-corrected chi connectivity index (χ3v) is 4.88. The van der Waals surface area contributed by atoms with Crippen molar-refractivity contribution in [1.29, 1.82) is 0 Å². The van der Waals surface area contributed by atoms with Gasteiger partial charge in [0, 0.05) is 26.1 Å². The highest BCUT2D eigenvalue weighted by Gasteiger charge is 2.15. The Morgan fingerprint density at radius 1 is 0.786 bits per heavy atom. The predicted molar refractivity (Wildman–Crippen MR) is 111 cm³/mol. The summed E-state index contributed by atoms with van der Waals surface area (Å²) in [7, 11) is 0. The van der Waals surface area contributed by atoms with E-state index in [-0.39, 0.29) is 5.91 Å². The molecule has 0 bridgehead atoms. The Balaban J connectivity index is 1.48. The number of benzene rings is 3. The number of hydrogen-bond donors (Lipinski definition) is 0. The van der Waals surface area contributed by atoms with E-state index in [0.717, 1.165) is 22.2 Å². The molecule has 1 amide bonds. The van der Waals surface area contributed by atoms with Crippen LogP contribution in [-0.2, 0) is 24.4 Å². The highest BCUT2D eigenvalue weighted by atomic mass is 16.2. The van der Waals surface area contributed by atoms with E-state index in [4.69, 9.17) is 0 Å². The standard InChI is InChI=1S/C24H23N3O/c28-24(15-16-26-19-25-22-13-7-8-14-23(22)26)27(17-20-9-3-1-4-10-20)18-21-11-5-2-6-12-21/h1-14,19H,15-18H2. The van der Waals surface area contributed by atoms with Crippen LogP contribution in [0, 0.1) is 0 Å². The molecule has 0 atom stereocenters. The molecule has 0 aliphatic carbocycles. The number of amides is 1. The molecule has 0 unspecified atom stereocenters. The second kappa shape index (κ2) is 8.53. The van der Waals surface area contributed by atoms with Crippen molar-refractivity contribution in [2.45, 2.75) is 26.1 Å². The van der Waals surface area contributed by atoms with Crippen LogP contribution in [0.3, 0.4) is 0 Å². The molecule has 28 heavy (non-hydrogen) atoms. The molecule has 0 spiro atoms. The third kappa shape index (κ3) is 4.29. The number of carbonyl (C=O) groups excluding carboxylic acids is 1. The van der Waals surface area contributed by atoms with Gasteiger partial charge in [0.25, 0.3) is 0 Å². The van der Waals surface area contributed by atoms with Crippen LogP contribution in [0.15, 0.2) is 91.3 Å². The van der Waals surface area contributed by atoms with Crippen LogP contribution in [0.25, 0.3) is 11.0 Å². The van der Waals surface area contributed by atoms with Gasteiger partial charge in [0.2, 0.25) is 5.91 Å². The van der Waals surface area contributed by atoms with Crippen molar-refractivity contribution in [3.8, 4) is 0 Å². The van der Waals surface area contributed by atoms with Gasteiger partial charge in [-0.3, -0.25) is 4.79 Å². The fraction of sp³-hybridized carbons (Fsp3) is 0.167. The molecule has 0 radical (unpaired) electrons. The fourth-order valence-corrected chi connectivity index (χ4v) is 3.40. The van der Waals surface area contributed by atoms with Crippen LogP contribution in [0.4, 0.5) is 0 Å². The maximum absolute atomic E-state index is 13.1. The van der Waals surface area contributed by atoms with E-state index in [0.29, 0.717) is 26.1 Å². The van der Waals surface area contributed by atoms with Crippen LogP contribution < -0.4 is 0 Å². The highest BCUT2D eigenvalue weighted by molar-refractivity contribution is 5.77. The van der Waals surface area contributed by atoms with E-state index in [1.54, 1.807) is 0 Å². The molecule has 4 nitrogen and oxygen atoms in total. The SMILES string of the molecule is O=C(CCn1cnc2ccccc21)N(Cc1ccccc1)Cc1ccccc1. The summed E-state index contributed by atoms with van der Waals surface area (Å²) in [6, 6.07) is 28.3. The molecule has 0 saturated carbocycles. The molecule has 3 aromatic carbocycles. The van der Waals surface area contributed by atoms with Crippen molar-refractivity contribution in [3.63, 3.8) is 0 Å². The summed E-state index contributed by atoms with van der Waals surface area (Å²) in [6.45, 7) is 1.85. The van der Waals surface area contributed by atoms with Gasteiger partial charge in [0.15, 0.2) is 0 Å². The van der Waals surface area contributed by atoms with Gasteiger partial charge in [0.1, 0.15) is 0 Å². The zero-order valence-electron chi connectivity index (χ0n) is 15.7. The van der Waals surface area contributed by atoms with Crippen molar-refractivity contribution >= 4 is 16.9 Å². The minimum atomic E-state index is 0.144. The lowest BCUT2D eigenvalue weighted by Crippen LogP contribution is -2.30. The lowest BCUT2D eigenvalue weighted by atomic mass is 10.1. The Labute approximate surface area is 165 Å². The largest absolute Gasteiger partial charge is 0.334 e. The summed E-state index contributed by atoms with van der Waals surface area (Å²) < 4.78 is 2.05. The van der Waals surface area contributed by atoms with Gasteiger partial charge in [-0.05, 0) is 23.3 Å². The Bertz CT molecular complexity index is 1000. The van der Waals surface area contributed by atoms with Crippen LogP contribution >= 0.6 is 0 Å². The molecule has 0 N–H and O–H groups in total. The summed E-state index contributed by atoms with van der Waals surface area (Å²) in [6.07, 6.45) is 2.26. The number of hydrogen-bond acceptors (Lipinski definition) is 2. The molecule has 0 saturated heterocycles. The van der Waals surface area contributed by atoms with E-state index >= 15 is 0 Å². The molecule has 1 heterocycles. The number of aromatic nitrogens is 2. The van der Waals surface area contributed by atoms with Gasteiger partial charge in [-0.15, -0.1) is 0 Å². The van der Waals surface area contributed by atoms with E-state index in [2.05, 4.69) is 33.8 Å². The van der Waals surface area contributed by atoms with Crippen molar-refractivity contribution in [3.05, 3.63) is 102 Å². The minimum Gasteiger partial charge on any atom is -0.334 e. The number of aryl methyl sites for hydroxylation is 1. The number of nitrogens with zero attached hydrogens (tertiary/aromatic N) is 3. The first-order chi connectivity index (χ1) is 13.8. The fourth-order valence-electron chi connectivity index (χ4n) is 3.40. The first-order valence-corrected chi connectivity index (χ1v) is 9.55. The normalized spacial score (nSPS) is 10.9. The molecular formula is C24H23N3O. The third-order valence-electron chi connectivity index (χ3n) is 4.88. The first kappa shape index (κ1) is 18.0. The minimum absolute atomic E-state index is 0.144. The molecule has 0 aliphatic heterocycles. The Morgan fingerprint density at radius 3 is 2.00 bits per heavy atom. The lowest BCUT2D eigenvalue weighted by Gasteiger charge is -2.23. The summed E-state index contributed by atoms with van der Waals surface area (Å²) in [5.74, 6) is 0.144. The van der Waals surface area contributed by atoms with Crippen molar-refractivity contribution in [2.24, 2.45) is 0 Å². The van der Waals surface area contributed by atoms with E-state index in [1.165, 1.54) is 0 Å². The summed E-state index contributed by atoms with van der Waals surface area (Å²) in [5, 5.41) is 0. The number of fused-ring (bicyclic) bond motifs is 1. The molecule has 0 aliphatic rings. The smallest absolute Gasteiger partial charge is 0.224 e. The average molecular weight is 369 g/mol. The zero-order valence-corrected chi connectivity index (χ0v) is 15.7. The van der Waals surface area contributed by atoms with E-state index in [1.807, 2.05) is 71.9 Å². The quantitative estimate of drug-likeness (QED) is 0.475. The number of imidazole rings is 1. The number of carbonyl (C=O) groups is 1. The molecule has 4 heteroatoms. The molecule has 4 rings (SSSR count). The van der Waals surface area contributed by atoms with Gasteiger partial charge >= 0.3 is 0 Å². The zero-order chi connectivity index (χ0) is 19.2. The summed E-state index contributed by atoms with van der Waals surface area (Å²) in [5.41, 5.74) is 4.30. The van der Waals surface area contributed by atoms with Gasteiger partial charge in [0.05, 0.1) is 17.4 Å². The van der Waals surface area contributed by atoms with Gasteiger partial charge in [-0.25, -0.2) is 4.98 Å². The summed E-state index contributed by atoms with van der Waals surface area (Å²) >= 11 is 0. The van der Waals surface area contributed by atoms with E-state index < -0.39 is 0 Å². The molecule has 140 valence electrons. The molecule has 4 aromatic rings. The Morgan fingerprint density at radius 2 is 1.36 bits per heavy atom. The summed E-state index contributed by atoms with van der Waals surface area (Å²) in [4.78, 5) is 19.4. The van der Waals surface area contributed by atoms with E-state index in [9.17, 15) is 4.79 Å². The van der Waals surface area contributed by atoms with Crippen LogP contribution in [-0.4, -0.2) is 20.4 Å². The molecule has 1 aromatic heterocycles. The maximum atomic E-state index is 13.1. The predicted octanol–water partition coefficient (Wildman–Crippen LogP) is 4.66. The molecule has 0 fully saturated rings. The van der Waals surface area contributed by atoms with Crippen molar-refractivity contribution in [1.82, 2.24) is 14.5 Å². The second-order valence-corrected chi connectivity index (χ2v) is 6.90. The topological polar surface area (TPSA) is 38.1 Å². The molecular weight excluding hydrogens is 346 g/mol. The van der Waals surface area contributed by atoms with Crippen molar-refractivity contribution < 1.29 is 4.79 Å². The maximum Gasteiger partial charge on any atom is 0.224 e. The van der Waals surface area contributed by atoms with Gasteiger partial charge in [-0.1, -0.05) is 72.8 Å². The van der Waals surface area contributed by atoms with Crippen molar-refractivity contribution in [2.75, 3.05) is 0 Å². The monoisotopic (exact) mass is 369 g/mol. The van der Waals surface area contributed by atoms with Crippen LogP contribution in [0.2, 0.25) is 0 Å².